The molecule has 1 aromatic rings. The second-order valence-electron chi connectivity index (χ2n) is 3.58. The van der Waals surface area contributed by atoms with E-state index in [1.54, 1.807) is 0 Å². The van der Waals surface area contributed by atoms with Gasteiger partial charge in [0.25, 0.3) is 6.43 Å². The Morgan fingerprint density at radius 1 is 1.32 bits per heavy atom. The summed E-state index contributed by atoms with van der Waals surface area (Å²) in [5, 5.41) is 0. The fraction of sp³-hybridized carbons (Fsp3) is 0.364. The fourth-order valence-corrected chi connectivity index (χ4v) is 2.18. The Kier molecular flexibility index (Phi) is 5.37. The van der Waals surface area contributed by atoms with Gasteiger partial charge in [-0.3, -0.25) is 4.79 Å². The molecule has 1 rings (SSSR count). The first-order chi connectivity index (χ1) is 8.61. The normalized spacial score (nSPS) is 13.7. The van der Waals surface area contributed by atoms with Crippen molar-refractivity contribution in [3.8, 4) is 0 Å². The maximum absolute atomic E-state index is 12.7. The molecule has 0 fully saturated rings. The summed E-state index contributed by atoms with van der Waals surface area (Å²) in [4.78, 5) is 10.7. The van der Waals surface area contributed by atoms with E-state index < -0.39 is 45.4 Å². The van der Waals surface area contributed by atoms with E-state index in [1.807, 2.05) is 0 Å². The zero-order valence-electron chi connectivity index (χ0n) is 9.47. The van der Waals surface area contributed by atoms with Gasteiger partial charge in [0.05, 0.1) is 4.83 Å². The van der Waals surface area contributed by atoms with Crippen LogP contribution in [0.1, 0.15) is 29.3 Å². The molecule has 106 valence electrons. The molecule has 0 aliphatic heterocycles. The van der Waals surface area contributed by atoms with Crippen LogP contribution in [-0.4, -0.2) is 16.1 Å². The van der Waals surface area contributed by atoms with Crippen molar-refractivity contribution in [3.05, 3.63) is 29.3 Å². The maximum Gasteiger partial charge on any atom is 0.446 e. The number of hydrogen-bond donors (Lipinski definition) is 0. The Hall–Kier alpha value is -0.630. The fourth-order valence-electron chi connectivity index (χ4n) is 1.35. The van der Waals surface area contributed by atoms with E-state index in [0.29, 0.717) is 0 Å². The minimum absolute atomic E-state index is 0.298. The van der Waals surface area contributed by atoms with Crippen LogP contribution in [0.2, 0.25) is 0 Å². The van der Waals surface area contributed by atoms with Crippen molar-refractivity contribution in [2.75, 3.05) is 0 Å². The van der Waals surface area contributed by atoms with Gasteiger partial charge in [0, 0.05) is 16.0 Å². The van der Waals surface area contributed by atoms with Gasteiger partial charge >= 0.3 is 5.51 Å². The van der Waals surface area contributed by atoms with Crippen LogP contribution in [-0.2, 0) is 0 Å². The molecule has 0 spiro atoms. The van der Waals surface area contributed by atoms with E-state index in [1.165, 1.54) is 6.92 Å². The summed E-state index contributed by atoms with van der Waals surface area (Å²) >= 11 is 2.47. The first kappa shape index (κ1) is 16.4. The molecule has 0 bridgehead atoms. The number of alkyl halides is 6. The minimum Gasteiger partial charge on any atom is -0.293 e. The lowest BCUT2D eigenvalue weighted by molar-refractivity contribution is -0.0328. The van der Waals surface area contributed by atoms with Crippen molar-refractivity contribution in [3.63, 3.8) is 0 Å². The van der Waals surface area contributed by atoms with Crippen molar-refractivity contribution in [1.82, 2.24) is 0 Å². The number of carbonyl (C=O) groups excluding carboxylic acids is 1. The topological polar surface area (TPSA) is 17.1 Å². The quantitative estimate of drug-likeness (QED) is 0.317. The first-order valence-electron chi connectivity index (χ1n) is 4.98. The number of hydrogen-bond acceptors (Lipinski definition) is 2. The van der Waals surface area contributed by atoms with E-state index in [9.17, 15) is 26.7 Å². The monoisotopic (exact) mass is 362 g/mol. The standard InChI is InChI=1S/C11H8BrF5OS/c1-5(12)9(18)8-4-6(19-11(15,16)17)2-3-7(8)10(13)14/h2-5,10H,1H3. The summed E-state index contributed by atoms with van der Waals surface area (Å²) < 4.78 is 62.1. The minimum atomic E-state index is -4.54. The van der Waals surface area contributed by atoms with Crippen molar-refractivity contribution < 1.29 is 26.7 Å². The van der Waals surface area contributed by atoms with Crippen molar-refractivity contribution in [2.45, 2.75) is 28.6 Å². The smallest absolute Gasteiger partial charge is 0.293 e. The highest BCUT2D eigenvalue weighted by Crippen LogP contribution is 2.38. The molecule has 19 heavy (non-hydrogen) atoms. The molecule has 0 aliphatic carbocycles. The zero-order chi connectivity index (χ0) is 14.8. The predicted octanol–water partition coefficient (Wildman–Crippen LogP) is 5.20. The average molecular weight is 363 g/mol. The molecule has 0 aliphatic rings. The number of carbonyl (C=O) groups is 1. The van der Waals surface area contributed by atoms with Crippen LogP contribution in [0.25, 0.3) is 0 Å². The van der Waals surface area contributed by atoms with Crippen molar-refractivity contribution >= 4 is 33.5 Å². The Labute approximate surface area is 118 Å². The summed E-state index contributed by atoms with van der Waals surface area (Å²) in [5.74, 6) is -0.681. The van der Waals surface area contributed by atoms with Gasteiger partial charge in [-0.25, -0.2) is 8.78 Å². The zero-order valence-corrected chi connectivity index (χ0v) is 11.9. The molecule has 0 N–H and O–H groups in total. The molecule has 0 aromatic heterocycles. The van der Waals surface area contributed by atoms with Gasteiger partial charge in [-0.1, -0.05) is 22.0 Å². The summed E-state index contributed by atoms with van der Waals surface area (Å²) in [7, 11) is 0. The lowest BCUT2D eigenvalue weighted by atomic mass is 10.0. The molecular weight excluding hydrogens is 355 g/mol. The molecule has 1 nitrogen and oxygen atoms in total. The molecule has 0 saturated heterocycles. The number of halogens is 6. The van der Waals surface area contributed by atoms with Gasteiger partial charge in [0.2, 0.25) is 0 Å². The molecule has 0 heterocycles. The van der Waals surface area contributed by atoms with Crippen LogP contribution < -0.4 is 0 Å². The highest BCUT2D eigenvalue weighted by atomic mass is 79.9. The molecule has 1 atom stereocenters. The van der Waals surface area contributed by atoms with Crippen LogP contribution in [0.5, 0.6) is 0 Å². The largest absolute Gasteiger partial charge is 0.446 e. The summed E-state index contributed by atoms with van der Waals surface area (Å²) in [6.07, 6.45) is -2.92. The molecule has 0 amide bonds. The van der Waals surface area contributed by atoms with Crippen LogP contribution in [0.15, 0.2) is 23.1 Å². The Morgan fingerprint density at radius 3 is 2.32 bits per heavy atom. The molecular formula is C11H8BrF5OS. The Balaban J connectivity index is 3.22. The third-order valence-corrected chi connectivity index (χ3v) is 3.26. The lowest BCUT2D eigenvalue weighted by Crippen LogP contribution is -2.13. The second kappa shape index (κ2) is 6.21. The Morgan fingerprint density at radius 2 is 1.89 bits per heavy atom. The molecule has 0 radical (unpaired) electrons. The number of Topliss-reactive ketones (excluding diaryl/α,β-unsaturated/α-hetero) is 1. The van der Waals surface area contributed by atoms with Crippen LogP contribution >= 0.6 is 27.7 Å². The SMILES string of the molecule is CC(Br)C(=O)c1cc(SC(F)(F)F)ccc1C(F)F. The van der Waals surface area contributed by atoms with Gasteiger partial charge in [0.1, 0.15) is 0 Å². The van der Waals surface area contributed by atoms with E-state index in [2.05, 4.69) is 15.9 Å². The van der Waals surface area contributed by atoms with E-state index >= 15 is 0 Å². The predicted molar refractivity (Wildman–Crippen MR) is 66.0 cm³/mol. The highest BCUT2D eigenvalue weighted by Gasteiger charge is 2.30. The summed E-state index contributed by atoms with van der Waals surface area (Å²) in [5.41, 5.74) is -5.50. The van der Waals surface area contributed by atoms with Crippen LogP contribution in [0, 0.1) is 0 Å². The Bertz CT molecular complexity index is 473. The second-order valence-corrected chi connectivity index (χ2v) is 6.09. The highest BCUT2D eigenvalue weighted by molar-refractivity contribution is 9.10. The van der Waals surface area contributed by atoms with E-state index in [0.717, 1.165) is 18.2 Å². The number of rotatable bonds is 4. The third-order valence-electron chi connectivity index (χ3n) is 2.12. The van der Waals surface area contributed by atoms with Crippen LogP contribution in [0.4, 0.5) is 22.0 Å². The van der Waals surface area contributed by atoms with Crippen molar-refractivity contribution in [1.29, 1.82) is 0 Å². The van der Waals surface area contributed by atoms with Gasteiger partial charge in [-0.05, 0) is 30.8 Å². The molecule has 0 saturated carbocycles. The summed E-state index contributed by atoms with van der Waals surface area (Å²) in [6, 6.07) is 2.62. The van der Waals surface area contributed by atoms with E-state index in [-0.39, 0.29) is 4.90 Å². The van der Waals surface area contributed by atoms with Crippen molar-refractivity contribution in [2.24, 2.45) is 0 Å². The number of thioether (sulfide) groups is 1. The molecule has 1 unspecified atom stereocenters. The first-order valence-corrected chi connectivity index (χ1v) is 6.71. The molecule has 8 heteroatoms. The lowest BCUT2D eigenvalue weighted by Gasteiger charge is -2.12. The van der Waals surface area contributed by atoms with Gasteiger partial charge in [-0.15, -0.1) is 0 Å². The van der Waals surface area contributed by atoms with E-state index in [4.69, 9.17) is 0 Å². The van der Waals surface area contributed by atoms with Crippen LogP contribution in [0.3, 0.4) is 0 Å². The average Bonchev–Trinajstić information content (AvgIpc) is 2.25. The van der Waals surface area contributed by atoms with Gasteiger partial charge < -0.3 is 0 Å². The van der Waals surface area contributed by atoms with Gasteiger partial charge in [-0.2, -0.15) is 13.2 Å². The maximum atomic E-state index is 12.7. The number of ketones is 1. The number of benzene rings is 1. The summed E-state index contributed by atoms with van der Waals surface area (Å²) in [6.45, 7) is 1.42. The third kappa shape index (κ3) is 4.76. The molecule has 1 aromatic carbocycles. The van der Waals surface area contributed by atoms with Gasteiger partial charge in [0.15, 0.2) is 5.78 Å².